The Morgan fingerprint density at radius 2 is 1.74 bits per heavy atom. The first-order valence-corrected chi connectivity index (χ1v) is 5.88. The Kier molecular flexibility index (Phi) is 4.33. The third kappa shape index (κ3) is 2.67. The van der Waals surface area contributed by atoms with Crippen LogP contribution >= 0.6 is 0 Å². The Bertz CT molecular complexity index is 498. The van der Waals surface area contributed by atoms with Gasteiger partial charge < -0.3 is 9.47 Å². The van der Waals surface area contributed by atoms with E-state index in [2.05, 4.69) is 10.4 Å². The van der Waals surface area contributed by atoms with E-state index in [4.69, 9.17) is 15.3 Å². The van der Waals surface area contributed by atoms with Crippen molar-refractivity contribution in [3.05, 3.63) is 53.9 Å². The average molecular weight is 259 g/mol. The first-order chi connectivity index (χ1) is 9.31. The number of aromatic nitrogens is 1. The fourth-order valence-corrected chi connectivity index (χ4v) is 2.05. The quantitative estimate of drug-likeness (QED) is 0.631. The van der Waals surface area contributed by atoms with Crippen LogP contribution in [0.1, 0.15) is 17.2 Å². The number of hydrogen-bond donors (Lipinski definition) is 2. The van der Waals surface area contributed by atoms with E-state index in [1.165, 1.54) is 0 Å². The van der Waals surface area contributed by atoms with Crippen molar-refractivity contribution in [2.45, 2.75) is 6.04 Å². The van der Waals surface area contributed by atoms with Crippen molar-refractivity contribution in [1.82, 2.24) is 10.4 Å². The van der Waals surface area contributed by atoms with Crippen LogP contribution in [0.3, 0.4) is 0 Å². The van der Waals surface area contributed by atoms with Crippen molar-refractivity contribution in [3.8, 4) is 11.5 Å². The molecule has 0 saturated heterocycles. The molecule has 5 heteroatoms. The Hall–Kier alpha value is -2.11. The van der Waals surface area contributed by atoms with Gasteiger partial charge in [-0.25, -0.2) is 5.43 Å². The lowest BCUT2D eigenvalue weighted by atomic mass is 9.98. The van der Waals surface area contributed by atoms with Crippen molar-refractivity contribution in [2.75, 3.05) is 14.2 Å². The highest BCUT2D eigenvalue weighted by molar-refractivity contribution is 5.45. The van der Waals surface area contributed by atoms with Crippen molar-refractivity contribution in [3.63, 3.8) is 0 Å². The minimum atomic E-state index is -0.228. The number of para-hydroxylation sites is 1. The molecule has 1 unspecified atom stereocenters. The lowest BCUT2D eigenvalue weighted by Gasteiger charge is -2.21. The number of pyridine rings is 1. The summed E-state index contributed by atoms with van der Waals surface area (Å²) in [5.74, 6) is 7.15. The molecule has 0 bridgehead atoms. The molecule has 2 aromatic rings. The van der Waals surface area contributed by atoms with Gasteiger partial charge in [0, 0.05) is 17.3 Å². The maximum Gasteiger partial charge on any atom is 0.142 e. The monoisotopic (exact) mass is 259 g/mol. The Morgan fingerprint density at radius 3 is 2.42 bits per heavy atom. The van der Waals surface area contributed by atoms with Crippen molar-refractivity contribution in [2.24, 2.45) is 5.84 Å². The van der Waals surface area contributed by atoms with Gasteiger partial charge in [-0.15, -0.1) is 0 Å². The molecule has 3 N–H and O–H groups in total. The summed E-state index contributed by atoms with van der Waals surface area (Å²) < 4.78 is 10.7. The molecular formula is C14H17N3O2. The van der Waals surface area contributed by atoms with Crippen LogP contribution in [-0.2, 0) is 0 Å². The van der Waals surface area contributed by atoms with Crippen LogP contribution < -0.4 is 20.7 Å². The molecule has 2 rings (SSSR count). The molecule has 1 atom stereocenters. The summed E-state index contributed by atoms with van der Waals surface area (Å²) in [7, 11) is 3.24. The maximum atomic E-state index is 5.70. The van der Waals surface area contributed by atoms with E-state index < -0.39 is 0 Å². The number of nitrogens with zero attached hydrogens (tertiary/aromatic N) is 1. The lowest BCUT2D eigenvalue weighted by molar-refractivity contribution is 0.393. The van der Waals surface area contributed by atoms with Crippen molar-refractivity contribution in [1.29, 1.82) is 0 Å². The minimum absolute atomic E-state index is 0.228. The van der Waals surface area contributed by atoms with E-state index in [0.717, 1.165) is 16.9 Å². The largest absolute Gasteiger partial charge is 0.496 e. The molecule has 0 aliphatic rings. The van der Waals surface area contributed by atoms with Gasteiger partial charge in [-0.1, -0.05) is 18.2 Å². The molecule has 0 aliphatic heterocycles. The Labute approximate surface area is 112 Å². The Morgan fingerprint density at radius 1 is 1.05 bits per heavy atom. The van der Waals surface area contributed by atoms with E-state index in [-0.39, 0.29) is 6.04 Å². The molecular weight excluding hydrogens is 242 g/mol. The van der Waals surface area contributed by atoms with Gasteiger partial charge >= 0.3 is 0 Å². The number of benzene rings is 1. The number of rotatable bonds is 5. The summed E-state index contributed by atoms with van der Waals surface area (Å²) >= 11 is 0. The number of hydrazine groups is 1. The maximum absolute atomic E-state index is 5.70. The summed E-state index contributed by atoms with van der Waals surface area (Å²) in [4.78, 5) is 4.04. The molecule has 0 aliphatic carbocycles. The van der Waals surface area contributed by atoms with Gasteiger partial charge in [0.1, 0.15) is 11.5 Å². The fraction of sp³-hybridized carbons (Fsp3) is 0.214. The minimum Gasteiger partial charge on any atom is -0.496 e. The molecule has 100 valence electrons. The average Bonchev–Trinajstić information content (AvgIpc) is 2.49. The molecule has 0 amide bonds. The molecule has 1 aromatic heterocycles. The van der Waals surface area contributed by atoms with Crippen molar-refractivity contribution >= 4 is 0 Å². The highest BCUT2D eigenvalue weighted by Crippen LogP contribution is 2.33. The zero-order valence-corrected chi connectivity index (χ0v) is 11.0. The summed E-state index contributed by atoms with van der Waals surface area (Å²) in [5, 5.41) is 0. The molecule has 1 aromatic carbocycles. The van der Waals surface area contributed by atoms with Crippen LogP contribution in [0.4, 0.5) is 0 Å². The van der Waals surface area contributed by atoms with Gasteiger partial charge in [0.2, 0.25) is 0 Å². The second-order valence-corrected chi connectivity index (χ2v) is 3.96. The molecule has 0 saturated carbocycles. The van der Waals surface area contributed by atoms with Crippen molar-refractivity contribution < 1.29 is 9.47 Å². The molecule has 0 fully saturated rings. The van der Waals surface area contributed by atoms with E-state index in [9.17, 15) is 0 Å². The van der Waals surface area contributed by atoms with Gasteiger partial charge in [-0.3, -0.25) is 10.8 Å². The Balaban J connectivity index is 2.50. The zero-order valence-electron chi connectivity index (χ0n) is 11.0. The van der Waals surface area contributed by atoms with Crippen LogP contribution in [0.5, 0.6) is 11.5 Å². The molecule has 1 heterocycles. The van der Waals surface area contributed by atoms with Crippen LogP contribution in [0.15, 0.2) is 42.7 Å². The van der Waals surface area contributed by atoms with Crippen LogP contribution in [-0.4, -0.2) is 19.2 Å². The van der Waals surface area contributed by atoms with Gasteiger partial charge in [0.05, 0.1) is 26.5 Å². The number of nitrogens with two attached hydrogens (primary N) is 1. The number of ether oxygens (including phenoxy) is 2. The number of methoxy groups -OCH3 is 2. The van der Waals surface area contributed by atoms with Crippen LogP contribution in [0, 0.1) is 0 Å². The van der Waals surface area contributed by atoms with E-state index in [1.54, 1.807) is 26.6 Å². The number of hydrogen-bond acceptors (Lipinski definition) is 5. The highest BCUT2D eigenvalue weighted by Gasteiger charge is 2.20. The van der Waals surface area contributed by atoms with E-state index in [1.807, 2.05) is 30.3 Å². The molecule has 0 radical (unpaired) electrons. The molecule has 5 nitrogen and oxygen atoms in total. The predicted molar refractivity (Wildman–Crippen MR) is 72.9 cm³/mol. The van der Waals surface area contributed by atoms with E-state index in [0.29, 0.717) is 5.75 Å². The summed E-state index contributed by atoms with van der Waals surface area (Å²) in [6, 6.07) is 9.36. The van der Waals surface area contributed by atoms with Crippen LogP contribution in [0.25, 0.3) is 0 Å². The second-order valence-electron chi connectivity index (χ2n) is 3.96. The van der Waals surface area contributed by atoms with Crippen LogP contribution in [0.2, 0.25) is 0 Å². The topological polar surface area (TPSA) is 69.4 Å². The number of nitrogens with one attached hydrogen (secondary N) is 1. The van der Waals surface area contributed by atoms with Gasteiger partial charge in [-0.2, -0.15) is 0 Å². The first kappa shape index (κ1) is 13.3. The molecule has 19 heavy (non-hydrogen) atoms. The fourth-order valence-electron chi connectivity index (χ4n) is 2.05. The molecule has 0 spiro atoms. The summed E-state index contributed by atoms with van der Waals surface area (Å²) in [6.45, 7) is 0. The standard InChI is InChI=1S/C14H17N3O2/c1-18-12-6-4-3-5-10(12)14(17-15)11-7-8-16-9-13(11)19-2/h3-9,14,17H,15H2,1-2H3. The summed E-state index contributed by atoms with van der Waals surface area (Å²) in [6.07, 6.45) is 3.37. The normalized spacial score (nSPS) is 11.9. The highest BCUT2D eigenvalue weighted by atomic mass is 16.5. The van der Waals surface area contributed by atoms with Gasteiger partial charge in [-0.05, 0) is 12.1 Å². The second kappa shape index (κ2) is 6.17. The zero-order chi connectivity index (χ0) is 13.7. The lowest BCUT2D eigenvalue weighted by Crippen LogP contribution is -2.29. The third-order valence-electron chi connectivity index (χ3n) is 2.96. The first-order valence-electron chi connectivity index (χ1n) is 5.88. The third-order valence-corrected chi connectivity index (χ3v) is 2.96. The smallest absolute Gasteiger partial charge is 0.142 e. The summed E-state index contributed by atoms with van der Waals surface area (Å²) in [5.41, 5.74) is 4.64. The SMILES string of the molecule is COc1ccccc1C(NN)c1ccncc1OC. The van der Waals surface area contributed by atoms with E-state index >= 15 is 0 Å². The van der Waals surface area contributed by atoms with Gasteiger partial charge in [0.25, 0.3) is 0 Å². The predicted octanol–water partition coefficient (Wildman–Crippen LogP) is 1.65. The van der Waals surface area contributed by atoms with Gasteiger partial charge in [0.15, 0.2) is 0 Å².